The fourth-order valence-electron chi connectivity index (χ4n) is 7.07. The van der Waals surface area contributed by atoms with Crippen LogP contribution in [0, 0.1) is 6.92 Å². The monoisotopic (exact) mass is 998 g/mol. The number of allylic oxidation sites excluding steroid dienone is 4. The van der Waals surface area contributed by atoms with Crippen LogP contribution < -0.4 is 71.6 Å². The molecule has 0 amide bonds. The molecule has 56 heavy (non-hydrogen) atoms. The lowest BCUT2D eigenvalue weighted by atomic mass is 10.1. The van der Waals surface area contributed by atoms with Gasteiger partial charge in [0.2, 0.25) is 11.0 Å². The molecule has 0 spiro atoms. The second kappa shape index (κ2) is 17.8. The zero-order valence-electron chi connectivity index (χ0n) is 31.8. The zero-order valence-corrected chi connectivity index (χ0v) is 37.6. The smallest absolute Gasteiger partial charge is 0.214 e. The van der Waals surface area contributed by atoms with Crippen molar-refractivity contribution in [2.45, 2.75) is 11.8 Å². The van der Waals surface area contributed by atoms with Crippen molar-refractivity contribution < 1.29 is 61.8 Å². The fraction of sp³-hybridized carbons (Fsp3) is 0.106. The molecule has 0 atom stereocenters. The second-order valence-corrected chi connectivity index (χ2v) is 15.1. The number of para-hydroxylation sites is 1. The summed E-state index contributed by atoms with van der Waals surface area (Å²) in [6.07, 6.45) is 16.8. The van der Waals surface area contributed by atoms with Gasteiger partial charge >= 0.3 is 0 Å². The molecule has 9 rings (SSSR count). The van der Waals surface area contributed by atoms with Gasteiger partial charge in [-0.15, -0.1) is 0 Å². The molecular formula is C47H41ClI2N4OS. The highest BCUT2D eigenvalue weighted by molar-refractivity contribution is 8.03. The van der Waals surface area contributed by atoms with E-state index in [0.717, 1.165) is 27.9 Å². The largest absolute Gasteiger partial charge is 1.00 e. The maximum absolute atomic E-state index is 6.14. The molecule has 7 aromatic rings. The van der Waals surface area contributed by atoms with Crippen LogP contribution in [0.1, 0.15) is 16.7 Å². The Bertz CT molecular complexity index is 2730. The number of fused-ring (bicyclic) bond motifs is 6. The topological polar surface area (TPSA) is 23.5 Å². The molecule has 5 aromatic carbocycles. The molecule has 0 fully saturated rings. The molecule has 0 N–H and O–H groups in total. The van der Waals surface area contributed by atoms with Gasteiger partial charge in [0.05, 0.1) is 27.2 Å². The number of nitrogens with zero attached hydrogens (tertiary/aromatic N) is 4. The van der Waals surface area contributed by atoms with Gasteiger partial charge in [0, 0.05) is 53.7 Å². The molecule has 0 bridgehead atoms. The average Bonchev–Trinajstić information content (AvgIpc) is 3.69. The number of pyridine rings is 2. The summed E-state index contributed by atoms with van der Waals surface area (Å²) >= 11 is 7.95. The van der Waals surface area contributed by atoms with Gasteiger partial charge in [0.15, 0.2) is 24.0 Å². The van der Waals surface area contributed by atoms with E-state index in [9.17, 15) is 0 Å². The Balaban J connectivity index is 0.000000185. The minimum Gasteiger partial charge on any atom is -1.00 e. The summed E-state index contributed by atoms with van der Waals surface area (Å²) in [5.74, 6) is 1.73. The number of rotatable bonds is 4. The Morgan fingerprint density at radius 2 is 1.30 bits per heavy atom. The van der Waals surface area contributed by atoms with Crippen molar-refractivity contribution in [2.75, 3.05) is 23.9 Å². The summed E-state index contributed by atoms with van der Waals surface area (Å²) in [5.41, 5.74) is 8.38. The standard InChI is InChI=1S/C26H23N2O.C21H18ClN2S.2HI/c1-18-11-13-21-20(15-16-27(2)23(21)17-18)8-6-10-25-28(3)26-22-9-5-4-7-19(22)12-14-24(26)29-25;1-23-13-12-15(17-11-10-16(22)14-19(17)23)6-5-9-21-24(2)18-7-3-4-8-20(18)25-21;;/h4-17H,1-3H3;3-14H,1-2H3;2*1H/q2*+1;;/p-2. The molecule has 0 radical (unpaired) electrons. The van der Waals surface area contributed by atoms with Gasteiger partial charge in [-0.05, 0) is 77.6 Å². The van der Waals surface area contributed by atoms with Crippen LogP contribution in [0.2, 0.25) is 5.02 Å². The minimum absolute atomic E-state index is 0. The van der Waals surface area contributed by atoms with Crippen molar-refractivity contribution in [3.8, 4) is 5.75 Å². The van der Waals surface area contributed by atoms with Gasteiger partial charge < -0.3 is 62.5 Å². The molecule has 2 aliphatic rings. The second-order valence-electron chi connectivity index (χ2n) is 13.6. The van der Waals surface area contributed by atoms with Crippen molar-refractivity contribution in [2.24, 2.45) is 14.1 Å². The van der Waals surface area contributed by atoms with Crippen molar-refractivity contribution in [1.29, 1.82) is 0 Å². The summed E-state index contributed by atoms with van der Waals surface area (Å²) < 4.78 is 10.4. The lowest BCUT2D eigenvalue weighted by Gasteiger charge is -2.12. The maximum Gasteiger partial charge on any atom is 0.214 e. The van der Waals surface area contributed by atoms with E-state index in [1.165, 1.54) is 59.4 Å². The van der Waals surface area contributed by atoms with E-state index in [1.807, 2.05) is 31.3 Å². The van der Waals surface area contributed by atoms with Crippen LogP contribution in [0.4, 0.5) is 11.4 Å². The SMILES string of the molecule is CN1C(=CC=Cc2cc[n+](C)c3cc(Cl)ccc23)Sc2ccccc21.Cc1ccc2c(C=CC=C3Oc4ccc5ccccc5c4N3C)cc[n+](C)c2c1.[I-].[I-]. The van der Waals surface area contributed by atoms with Crippen molar-refractivity contribution in [1.82, 2.24) is 0 Å². The van der Waals surface area contributed by atoms with Gasteiger partial charge in [-0.25, -0.2) is 9.13 Å². The van der Waals surface area contributed by atoms with Gasteiger partial charge in [-0.3, -0.25) is 0 Å². The molecule has 4 heterocycles. The molecule has 0 aliphatic carbocycles. The maximum atomic E-state index is 6.14. The Labute approximate surface area is 372 Å². The Morgan fingerprint density at radius 1 is 0.661 bits per heavy atom. The number of thioether (sulfide) groups is 1. The van der Waals surface area contributed by atoms with Crippen molar-refractivity contribution in [3.63, 3.8) is 0 Å². The highest BCUT2D eigenvalue weighted by Crippen LogP contribution is 2.45. The normalized spacial score (nSPS) is 14.6. The molecule has 9 heteroatoms. The summed E-state index contributed by atoms with van der Waals surface area (Å²) in [5, 5.41) is 6.85. The summed E-state index contributed by atoms with van der Waals surface area (Å²) in [7, 11) is 8.28. The predicted molar refractivity (Wildman–Crippen MR) is 228 cm³/mol. The van der Waals surface area contributed by atoms with E-state index in [2.05, 4.69) is 181 Å². The van der Waals surface area contributed by atoms with E-state index in [-0.39, 0.29) is 48.0 Å². The van der Waals surface area contributed by atoms with Gasteiger partial charge in [0.25, 0.3) is 0 Å². The Hall–Kier alpha value is -4.36. The molecule has 0 unspecified atom stereocenters. The first kappa shape index (κ1) is 41.3. The molecule has 0 saturated heterocycles. The number of benzene rings is 5. The molecule has 2 aromatic heterocycles. The quantitative estimate of drug-likeness (QED) is 0.185. The average molecular weight is 999 g/mol. The first-order chi connectivity index (χ1) is 26.2. The number of ether oxygens (including phenoxy) is 1. The van der Waals surface area contributed by atoms with Crippen LogP contribution in [-0.2, 0) is 14.1 Å². The number of halogens is 3. The predicted octanol–water partition coefficient (Wildman–Crippen LogP) is 4.93. The van der Waals surface area contributed by atoms with Gasteiger partial charge in [-0.2, -0.15) is 0 Å². The molecule has 2 aliphatic heterocycles. The van der Waals surface area contributed by atoms with Crippen LogP contribution >= 0.6 is 23.4 Å². The number of aromatic nitrogens is 2. The molecule has 282 valence electrons. The molecule has 0 saturated carbocycles. The third kappa shape index (κ3) is 8.34. The Morgan fingerprint density at radius 3 is 2.04 bits per heavy atom. The number of hydrogen-bond donors (Lipinski definition) is 0. The van der Waals surface area contributed by atoms with E-state index in [0.29, 0.717) is 0 Å². The summed E-state index contributed by atoms with van der Waals surface area (Å²) in [6.45, 7) is 2.13. The van der Waals surface area contributed by atoms with E-state index < -0.39 is 0 Å². The molecule has 5 nitrogen and oxygen atoms in total. The highest BCUT2D eigenvalue weighted by atomic mass is 127. The Kier molecular flexibility index (Phi) is 13.1. The van der Waals surface area contributed by atoms with E-state index in [1.54, 1.807) is 11.8 Å². The van der Waals surface area contributed by atoms with Crippen molar-refractivity contribution in [3.05, 3.63) is 179 Å². The lowest BCUT2D eigenvalue weighted by Crippen LogP contribution is -3.00. The van der Waals surface area contributed by atoms with Crippen LogP contribution in [0.25, 0.3) is 44.7 Å². The number of anilines is 2. The third-order valence-electron chi connectivity index (χ3n) is 10.00. The zero-order chi connectivity index (χ0) is 37.3. The van der Waals surface area contributed by atoms with Gasteiger partial charge in [0.1, 0.15) is 14.1 Å². The fourth-order valence-corrected chi connectivity index (χ4v) is 8.30. The molecular weight excluding hydrogens is 958 g/mol. The third-order valence-corrected chi connectivity index (χ3v) is 11.4. The number of hydrogen-bond acceptors (Lipinski definition) is 4. The summed E-state index contributed by atoms with van der Waals surface area (Å²) in [4.78, 5) is 5.65. The van der Waals surface area contributed by atoms with Crippen LogP contribution in [-0.4, -0.2) is 14.1 Å². The van der Waals surface area contributed by atoms with Crippen LogP contribution in [0.15, 0.2) is 162 Å². The van der Waals surface area contributed by atoms with Gasteiger partial charge in [-0.1, -0.05) is 96.2 Å². The summed E-state index contributed by atoms with van der Waals surface area (Å²) in [6, 6.07) is 37.9. The lowest BCUT2D eigenvalue weighted by molar-refractivity contribution is -0.645. The van der Waals surface area contributed by atoms with E-state index >= 15 is 0 Å². The first-order valence-corrected chi connectivity index (χ1v) is 19.1. The first-order valence-electron chi connectivity index (χ1n) is 17.9. The minimum atomic E-state index is 0. The van der Waals surface area contributed by atoms with Crippen LogP contribution in [0.5, 0.6) is 5.75 Å². The number of aryl methyl sites for hydroxylation is 3. The highest BCUT2D eigenvalue weighted by Gasteiger charge is 2.25. The van der Waals surface area contributed by atoms with Crippen molar-refractivity contribution >= 4 is 79.5 Å². The van der Waals surface area contributed by atoms with E-state index in [4.69, 9.17) is 16.3 Å². The van der Waals surface area contributed by atoms with Crippen LogP contribution in [0.3, 0.4) is 0 Å².